The zero-order valence-electron chi connectivity index (χ0n) is 10.9. The van der Waals surface area contributed by atoms with Crippen molar-refractivity contribution in [1.29, 1.82) is 0 Å². The summed E-state index contributed by atoms with van der Waals surface area (Å²) in [6.07, 6.45) is 9.77. The van der Waals surface area contributed by atoms with E-state index in [9.17, 15) is 0 Å². The quantitative estimate of drug-likeness (QED) is 0.700. The maximum atomic E-state index is 3.77. The average molecular weight is 211 g/mol. The predicted molar refractivity (Wildman–Crippen MR) is 68.1 cm³/mol. The Morgan fingerprint density at radius 1 is 1.20 bits per heavy atom. The first-order valence-corrected chi connectivity index (χ1v) is 7.01. The van der Waals surface area contributed by atoms with Crippen molar-refractivity contribution in [2.45, 2.75) is 71.8 Å². The molecule has 1 N–H and O–H groups in total. The zero-order chi connectivity index (χ0) is 11.1. The third-order valence-electron chi connectivity index (χ3n) is 4.09. The number of nitrogens with one attached hydrogen (secondary N) is 1. The Morgan fingerprint density at radius 2 is 1.93 bits per heavy atom. The molecule has 15 heavy (non-hydrogen) atoms. The summed E-state index contributed by atoms with van der Waals surface area (Å²) in [4.78, 5) is 0. The smallest absolute Gasteiger partial charge is 0.00644 e. The van der Waals surface area contributed by atoms with Crippen LogP contribution in [0, 0.1) is 11.8 Å². The highest BCUT2D eigenvalue weighted by Crippen LogP contribution is 2.29. The lowest BCUT2D eigenvalue weighted by Gasteiger charge is -2.30. The minimum atomic E-state index is 0.768. The molecule has 1 heteroatoms. The minimum Gasteiger partial charge on any atom is -0.314 e. The van der Waals surface area contributed by atoms with E-state index in [1.807, 2.05) is 0 Å². The van der Waals surface area contributed by atoms with E-state index in [1.54, 1.807) is 0 Å². The van der Waals surface area contributed by atoms with Gasteiger partial charge in [0, 0.05) is 6.04 Å². The molecule has 0 amide bonds. The molecule has 0 aromatic carbocycles. The topological polar surface area (TPSA) is 12.0 Å². The van der Waals surface area contributed by atoms with Gasteiger partial charge in [-0.25, -0.2) is 0 Å². The first-order valence-electron chi connectivity index (χ1n) is 7.01. The van der Waals surface area contributed by atoms with Crippen LogP contribution in [-0.2, 0) is 0 Å². The summed E-state index contributed by atoms with van der Waals surface area (Å²) in [6.45, 7) is 8.29. The van der Waals surface area contributed by atoms with Gasteiger partial charge in [-0.1, -0.05) is 46.5 Å². The monoisotopic (exact) mass is 211 g/mol. The van der Waals surface area contributed by atoms with E-state index in [0.717, 1.165) is 17.9 Å². The standard InChI is InChI=1S/C14H29N/c1-4-8-14(5-2)15-11-13-10-7-6-9-12(13)3/h12-15H,4-11H2,1-3H3. The van der Waals surface area contributed by atoms with Crippen LogP contribution in [0.2, 0.25) is 0 Å². The molecule has 3 atom stereocenters. The third-order valence-corrected chi connectivity index (χ3v) is 4.09. The lowest BCUT2D eigenvalue weighted by atomic mass is 9.80. The fourth-order valence-corrected chi connectivity index (χ4v) is 2.81. The van der Waals surface area contributed by atoms with Gasteiger partial charge in [0.1, 0.15) is 0 Å². The molecule has 1 fully saturated rings. The number of hydrogen-bond donors (Lipinski definition) is 1. The number of hydrogen-bond acceptors (Lipinski definition) is 1. The summed E-state index contributed by atoms with van der Waals surface area (Å²) in [5.41, 5.74) is 0. The predicted octanol–water partition coefficient (Wildman–Crippen LogP) is 3.98. The molecule has 0 aromatic heterocycles. The van der Waals surface area contributed by atoms with Gasteiger partial charge in [-0.2, -0.15) is 0 Å². The lowest BCUT2D eigenvalue weighted by Crippen LogP contribution is -2.36. The van der Waals surface area contributed by atoms with Crippen LogP contribution in [0.15, 0.2) is 0 Å². The highest BCUT2D eigenvalue weighted by atomic mass is 14.9. The summed E-state index contributed by atoms with van der Waals surface area (Å²) < 4.78 is 0. The molecule has 1 aliphatic rings. The van der Waals surface area contributed by atoms with Crippen molar-refractivity contribution in [2.24, 2.45) is 11.8 Å². The van der Waals surface area contributed by atoms with Gasteiger partial charge in [0.05, 0.1) is 0 Å². The van der Waals surface area contributed by atoms with E-state index in [1.165, 1.54) is 51.5 Å². The third kappa shape index (κ3) is 4.55. The highest BCUT2D eigenvalue weighted by Gasteiger charge is 2.21. The summed E-state index contributed by atoms with van der Waals surface area (Å²) in [7, 11) is 0. The largest absolute Gasteiger partial charge is 0.314 e. The van der Waals surface area contributed by atoms with Gasteiger partial charge in [-0.15, -0.1) is 0 Å². The van der Waals surface area contributed by atoms with Crippen molar-refractivity contribution in [3.63, 3.8) is 0 Å². The molecule has 0 bridgehead atoms. The summed E-state index contributed by atoms with van der Waals surface area (Å²) >= 11 is 0. The van der Waals surface area contributed by atoms with Gasteiger partial charge in [0.2, 0.25) is 0 Å². The highest BCUT2D eigenvalue weighted by molar-refractivity contribution is 4.76. The molecule has 0 radical (unpaired) electrons. The molecule has 1 aliphatic carbocycles. The molecule has 1 nitrogen and oxygen atoms in total. The van der Waals surface area contributed by atoms with E-state index < -0.39 is 0 Å². The second kappa shape index (κ2) is 7.27. The normalized spacial score (nSPS) is 29.0. The van der Waals surface area contributed by atoms with Crippen LogP contribution in [0.25, 0.3) is 0 Å². The van der Waals surface area contributed by atoms with Gasteiger partial charge in [0.25, 0.3) is 0 Å². The summed E-state index contributed by atoms with van der Waals surface area (Å²) in [5, 5.41) is 3.77. The Kier molecular flexibility index (Phi) is 6.31. The molecule has 0 heterocycles. The Balaban J connectivity index is 2.21. The van der Waals surface area contributed by atoms with Gasteiger partial charge in [0.15, 0.2) is 0 Å². The molecular formula is C14H29N. The van der Waals surface area contributed by atoms with Crippen LogP contribution in [0.1, 0.15) is 65.7 Å². The lowest BCUT2D eigenvalue weighted by molar-refractivity contribution is 0.238. The summed E-state index contributed by atoms with van der Waals surface area (Å²) in [5.74, 6) is 1.90. The van der Waals surface area contributed by atoms with E-state index in [4.69, 9.17) is 0 Å². The van der Waals surface area contributed by atoms with Crippen LogP contribution < -0.4 is 5.32 Å². The van der Waals surface area contributed by atoms with Crippen molar-refractivity contribution >= 4 is 0 Å². The molecule has 0 saturated heterocycles. The van der Waals surface area contributed by atoms with Crippen LogP contribution >= 0.6 is 0 Å². The first-order chi connectivity index (χ1) is 7.27. The van der Waals surface area contributed by atoms with Crippen LogP contribution in [-0.4, -0.2) is 12.6 Å². The van der Waals surface area contributed by atoms with E-state index in [2.05, 4.69) is 26.1 Å². The molecule has 0 aliphatic heterocycles. The van der Waals surface area contributed by atoms with Gasteiger partial charge >= 0.3 is 0 Å². The number of rotatable bonds is 6. The zero-order valence-corrected chi connectivity index (χ0v) is 10.9. The second-order valence-corrected chi connectivity index (χ2v) is 5.32. The minimum absolute atomic E-state index is 0.768. The Hall–Kier alpha value is -0.0400. The van der Waals surface area contributed by atoms with Crippen LogP contribution in [0.3, 0.4) is 0 Å². The summed E-state index contributed by atoms with van der Waals surface area (Å²) in [6, 6.07) is 0.768. The van der Waals surface area contributed by atoms with E-state index in [0.29, 0.717) is 0 Å². The van der Waals surface area contributed by atoms with Crippen molar-refractivity contribution in [3.05, 3.63) is 0 Å². The molecule has 1 rings (SSSR count). The van der Waals surface area contributed by atoms with Crippen molar-refractivity contribution in [3.8, 4) is 0 Å². The van der Waals surface area contributed by atoms with Gasteiger partial charge < -0.3 is 5.32 Å². The molecule has 0 spiro atoms. The molecule has 3 unspecified atom stereocenters. The van der Waals surface area contributed by atoms with E-state index in [-0.39, 0.29) is 0 Å². The fourth-order valence-electron chi connectivity index (χ4n) is 2.81. The van der Waals surface area contributed by atoms with Crippen molar-refractivity contribution < 1.29 is 0 Å². The maximum Gasteiger partial charge on any atom is 0.00644 e. The second-order valence-electron chi connectivity index (χ2n) is 5.32. The average Bonchev–Trinajstić information content (AvgIpc) is 2.26. The van der Waals surface area contributed by atoms with Gasteiger partial charge in [-0.05, 0) is 37.6 Å². The van der Waals surface area contributed by atoms with Crippen LogP contribution in [0.5, 0.6) is 0 Å². The molecular weight excluding hydrogens is 182 g/mol. The molecule has 90 valence electrons. The molecule has 1 saturated carbocycles. The van der Waals surface area contributed by atoms with E-state index >= 15 is 0 Å². The van der Waals surface area contributed by atoms with Crippen molar-refractivity contribution in [2.75, 3.05) is 6.54 Å². The maximum absolute atomic E-state index is 3.77. The fraction of sp³-hybridized carbons (Fsp3) is 1.00. The SMILES string of the molecule is CCCC(CC)NCC1CCCCC1C. The Bertz CT molecular complexity index is 155. The molecule has 0 aromatic rings. The van der Waals surface area contributed by atoms with Crippen LogP contribution in [0.4, 0.5) is 0 Å². The van der Waals surface area contributed by atoms with Crippen molar-refractivity contribution in [1.82, 2.24) is 5.32 Å². The Labute approximate surface area is 96.0 Å². The van der Waals surface area contributed by atoms with Gasteiger partial charge in [-0.3, -0.25) is 0 Å². The first kappa shape index (κ1) is 13.0. The Morgan fingerprint density at radius 3 is 2.53 bits per heavy atom.